The van der Waals surface area contributed by atoms with Crippen molar-refractivity contribution in [3.8, 4) is 11.8 Å². The molecule has 4 nitrogen and oxygen atoms in total. The van der Waals surface area contributed by atoms with Crippen molar-refractivity contribution in [3.05, 3.63) is 83.8 Å². The highest BCUT2D eigenvalue weighted by molar-refractivity contribution is 5.89. The van der Waals surface area contributed by atoms with Crippen molar-refractivity contribution in [2.24, 2.45) is 4.99 Å². The van der Waals surface area contributed by atoms with E-state index in [1.807, 2.05) is 18.2 Å². The number of fused-ring (bicyclic) bond motifs is 1. The van der Waals surface area contributed by atoms with E-state index in [0.29, 0.717) is 22.5 Å². The first-order valence-electron chi connectivity index (χ1n) is 7.84. The number of allylic oxidation sites excluding steroid dienone is 2. The highest BCUT2D eigenvalue weighted by Gasteiger charge is 2.13. The predicted molar refractivity (Wildman–Crippen MR) is 96.5 cm³/mol. The maximum absolute atomic E-state index is 14.2. The molecule has 0 saturated heterocycles. The molecule has 0 fully saturated rings. The summed E-state index contributed by atoms with van der Waals surface area (Å²) in [5.41, 5.74) is 2.29. The number of aliphatic imine (C=N–C) groups is 1. The highest BCUT2D eigenvalue weighted by Crippen LogP contribution is 2.28. The first kappa shape index (κ1) is 15.8. The summed E-state index contributed by atoms with van der Waals surface area (Å²) in [6.45, 7) is 0. The maximum atomic E-state index is 14.2. The van der Waals surface area contributed by atoms with Crippen LogP contribution in [0.3, 0.4) is 0 Å². The Balaban J connectivity index is 1.92. The minimum absolute atomic E-state index is 0.121. The molecule has 1 aromatic heterocycles. The lowest BCUT2D eigenvalue weighted by atomic mass is 10.1. The molecule has 0 atom stereocenters. The zero-order chi connectivity index (χ0) is 18.1. The van der Waals surface area contributed by atoms with Gasteiger partial charge in [-0.1, -0.05) is 12.1 Å². The standard InChI is InChI=1S/C20H12F2N4/c21-15-4-5-16(22)19(11-15)26-9-6-13-2-3-14(10-18(13)26)20-17(12-23)24-7-1-8-25-20/h1-11,24H. The second kappa shape index (κ2) is 6.30. The molecule has 0 bridgehead atoms. The molecule has 0 radical (unpaired) electrons. The fraction of sp³-hybridized carbons (Fsp3) is 0. The van der Waals surface area contributed by atoms with Gasteiger partial charge in [-0.2, -0.15) is 5.26 Å². The summed E-state index contributed by atoms with van der Waals surface area (Å²) in [7, 11) is 0. The fourth-order valence-electron chi connectivity index (χ4n) is 2.89. The van der Waals surface area contributed by atoms with Crippen molar-refractivity contribution >= 4 is 22.8 Å². The lowest BCUT2D eigenvalue weighted by Gasteiger charge is -2.09. The van der Waals surface area contributed by atoms with Crippen molar-refractivity contribution in [3.63, 3.8) is 0 Å². The minimum atomic E-state index is -0.524. The summed E-state index contributed by atoms with van der Waals surface area (Å²) in [5, 5.41) is 13.1. The summed E-state index contributed by atoms with van der Waals surface area (Å²) >= 11 is 0. The van der Waals surface area contributed by atoms with Crippen LogP contribution in [-0.2, 0) is 0 Å². The van der Waals surface area contributed by atoms with Gasteiger partial charge in [0, 0.05) is 30.2 Å². The van der Waals surface area contributed by atoms with E-state index in [1.165, 1.54) is 0 Å². The predicted octanol–water partition coefficient (Wildman–Crippen LogP) is 4.29. The average molecular weight is 346 g/mol. The fourth-order valence-corrected chi connectivity index (χ4v) is 2.89. The molecule has 0 aliphatic carbocycles. The van der Waals surface area contributed by atoms with E-state index in [2.05, 4.69) is 16.4 Å². The van der Waals surface area contributed by atoms with E-state index in [0.717, 1.165) is 23.6 Å². The quantitative estimate of drug-likeness (QED) is 0.753. The Hall–Kier alpha value is -3.72. The third-order valence-corrected chi connectivity index (χ3v) is 4.10. The van der Waals surface area contributed by atoms with Crippen LogP contribution in [0.15, 0.2) is 71.6 Å². The van der Waals surface area contributed by atoms with Crippen LogP contribution in [-0.4, -0.2) is 10.8 Å². The second-order valence-corrected chi connectivity index (χ2v) is 5.67. The molecule has 3 aromatic rings. The third kappa shape index (κ3) is 2.66. The second-order valence-electron chi connectivity index (χ2n) is 5.67. The van der Waals surface area contributed by atoms with Crippen LogP contribution in [0.5, 0.6) is 0 Å². The van der Waals surface area contributed by atoms with Gasteiger partial charge in [0.15, 0.2) is 0 Å². The lowest BCUT2D eigenvalue weighted by Crippen LogP contribution is -2.04. The van der Waals surface area contributed by atoms with Crippen molar-refractivity contribution < 1.29 is 8.78 Å². The summed E-state index contributed by atoms with van der Waals surface area (Å²) < 4.78 is 29.4. The minimum Gasteiger partial charge on any atom is -0.351 e. The van der Waals surface area contributed by atoms with E-state index in [9.17, 15) is 14.0 Å². The molecule has 1 N–H and O–H groups in total. The van der Waals surface area contributed by atoms with Crippen LogP contribution in [0.4, 0.5) is 8.78 Å². The molecular weight excluding hydrogens is 334 g/mol. The van der Waals surface area contributed by atoms with Gasteiger partial charge in [-0.3, -0.25) is 4.99 Å². The molecule has 0 spiro atoms. The van der Waals surface area contributed by atoms with Crippen molar-refractivity contribution in [2.45, 2.75) is 0 Å². The number of nitrogens with one attached hydrogen (secondary N) is 1. The topological polar surface area (TPSA) is 53.1 Å². The van der Waals surface area contributed by atoms with E-state index in [4.69, 9.17) is 0 Å². The van der Waals surface area contributed by atoms with E-state index in [-0.39, 0.29) is 5.69 Å². The molecule has 6 heteroatoms. The van der Waals surface area contributed by atoms with Crippen LogP contribution in [0.25, 0.3) is 22.3 Å². The molecule has 0 saturated carbocycles. The van der Waals surface area contributed by atoms with E-state index >= 15 is 0 Å². The molecule has 0 unspecified atom stereocenters. The van der Waals surface area contributed by atoms with Crippen LogP contribution in [0.2, 0.25) is 0 Å². The number of halogens is 2. The maximum Gasteiger partial charge on any atom is 0.147 e. The van der Waals surface area contributed by atoms with Gasteiger partial charge in [0.05, 0.1) is 11.2 Å². The van der Waals surface area contributed by atoms with Crippen molar-refractivity contribution in [1.82, 2.24) is 9.88 Å². The number of nitrogens with zero attached hydrogens (tertiary/aromatic N) is 3. The number of nitriles is 1. The third-order valence-electron chi connectivity index (χ3n) is 4.10. The molecular formula is C20H12F2N4. The van der Waals surface area contributed by atoms with Crippen LogP contribution < -0.4 is 5.32 Å². The van der Waals surface area contributed by atoms with Gasteiger partial charge in [-0.25, -0.2) is 8.78 Å². The van der Waals surface area contributed by atoms with Crippen LogP contribution >= 0.6 is 0 Å². The molecule has 1 aliphatic rings. The van der Waals surface area contributed by atoms with Crippen molar-refractivity contribution in [2.75, 3.05) is 0 Å². The van der Waals surface area contributed by atoms with E-state index in [1.54, 1.807) is 35.3 Å². The SMILES string of the molecule is N#CC1=C(c2ccc3ccn(-c4cc(F)ccc4F)c3c2)N=CC=CN1. The van der Waals surface area contributed by atoms with Gasteiger partial charge in [-0.15, -0.1) is 0 Å². The zero-order valence-electron chi connectivity index (χ0n) is 13.4. The Kier molecular flexibility index (Phi) is 3.82. The van der Waals surface area contributed by atoms with Crippen LogP contribution in [0, 0.1) is 23.0 Å². The van der Waals surface area contributed by atoms with Crippen molar-refractivity contribution in [1.29, 1.82) is 5.26 Å². The molecule has 2 heterocycles. The summed E-state index contributed by atoms with van der Waals surface area (Å²) in [4.78, 5) is 4.31. The first-order chi connectivity index (χ1) is 12.7. The Bertz CT molecular complexity index is 1150. The number of benzene rings is 2. The van der Waals surface area contributed by atoms with Gasteiger partial charge in [0.1, 0.15) is 29.1 Å². The van der Waals surface area contributed by atoms with Gasteiger partial charge >= 0.3 is 0 Å². The number of hydrogen-bond donors (Lipinski definition) is 1. The molecule has 4 rings (SSSR count). The Morgan fingerprint density at radius 2 is 1.96 bits per heavy atom. The summed E-state index contributed by atoms with van der Waals surface area (Å²) in [6.07, 6.45) is 6.58. The molecule has 26 heavy (non-hydrogen) atoms. The molecule has 2 aromatic carbocycles. The Morgan fingerprint density at radius 3 is 2.81 bits per heavy atom. The molecule has 0 amide bonds. The number of aromatic nitrogens is 1. The summed E-state index contributed by atoms with van der Waals surface area (Å²) in [5.74, 6) is -1.04. The Labute approximate surface area is 148 Å². The number of rotatable bonds is 2. The smallest absolute Gasteiger partial charge is 0.147 e. The van der Waals surface area contributed by atoms with Crippen LogP contribution in [0.1, 0.15) is 5.56 Å². The molecule has 126 valence electrons. The largest absolute Gasteiger partial charge is 0.351 e. The Morgan fingerprint density at radius 1 is 1.08 bits per heavy atom. The lowest BCUT2D eigenvalue weighted by molar-refractivity contribution is 0.594. The molecule has 1 aliphatic heterocycles. The number of hydrogen-bond acceptors (Lipinski definition) is 3. The summed E-state index contributed by atoms with van der Waals surface area (Å²) in [6, 6.07) is 12.7. The monoisotopic (exact) mass is 346 g/mol. The van der Waals surface area contributed by atoms with Gasteiger partial charge in [-0.05, 0) is 35.7 Å². The highest BCUT2D eigenvalue weighted by atomic mass is 19.1. The normalized spacial score (nSPS) is 13.6. The van der Waals surface area contributed by atoms with E-state index < -0.39 is 11.6 Å². The first-order valence-corrected chi connectivity index (χ1v) is 7.84. The zero-order valence-corrected chi connectivity index (χ0v) is 13.4. The van der Waals surface area contributed by atoms with Gasteiger partial charge < -0.3 is 9.88 Å². The van der Waals surface area contributed by atoms with Gasteiger partial charge in [0.2, 0.25) is 0 Å². The van der Waals surface area contributed by atoms with Gasteiger partial charge in [0.25, 0.3) is 0 Å². The average Bonchev–Trinajstić information content (AvgIpc) is 2.92.